The number of nitro benzene ring substituents is 2. The largest absolute Gasteiger partial charge is 0.417 e. The number of amides is 2. The molecule has 226 valence electrons. The van der Waals surface area contributed by atoms with Gasteiger partial charge in [0, 0.05) is 46.8 Å². The summed E-state index contributed by atoms with van der Waals surface area (Å²) in [5.74, 6) is -1.50. The summed E-state index contributed by atoms with van der Waals surface area (Å²) in [4.78, 5) is 45.0. The van der Waals surface area contributed by atoms with E-state index in [0.29, 0.717) is 24.3 Å². The summed E-state index contributed by atoms with van der Waals surface area (Å²) >= 11 is 0. The standard InChI is InChI=1S/C28H16F6N4O6/c29-27(30,31)23-13-18(7-11-21(23)22-12-10-20(38(43)44)14-24(22)28(32,33)34)36-26(40)15-1-5-17(6-2-15)35-25(39)16-3-8-19(9-4-16)37(41)42/h1-14H,(H,35,39)(H,36,40). The molecule has 0 radical (unpaired) electrons. The fourth-order valence-corrected chi connectivity index (χ4v) is 4.05. The van der Waals surface area contributed by atoms with Crippen LogP contribution in [0.25, 0.3) is 11.1 Å². The second-order valence-electron chi connectivity index (χ2n) is 9.03. The van der Waals surface area contributed by atoms with Crippen molar-refractivity contribution in [1.29, 1.82) is 0 Å². The first-order valence-corrected chi connectivity index (χ1v) is 12.1. The van der Waals surface area contributed by atoms with E-state index < -0.39 is 67.6 Å². The quantitative estimate of drug-likeness (QED) is 0.123. The number of anilines is 2. The molecule has 2 amide bonds. The van der Waals surface area contributed by atoms with Crippen molar-refractivity contribution in [2.45, 2.75) is 12.4 Å². The first-order valence-electron chi connectivity index (χ1n) is 12.1. The number of carbonyl (C=O) groups excluding carboxylic acids is 2. The second kappa shape index (κ2) is 11.8. The van der Waals surface area contributed by atoms with E-state index in [1.165, 1.54) is 36.4 Å². The van der Waals surface area contributed by atoms with Crippen LogP contribution in [0.15, 0.2) is 84.9 Å². The summed E-state index contributed by atoms with van der Waals surface area (Å²) in [5.41, 5.74) is -6.33. The Morgan fingerprint density at radius 1 is 0.545 bits per heavy atom. The molecule has 0 aliphatic rings. The molecule has 0 spiro atoms. The molecule has 0 saturated heterocycles. The Hall–Kier alpha value is -5.80. The maximum absolute atomic E-state index is 14.0. The third-order valence-electron chi connectivity index (χ3n) is 6.14. The lowest BCUT2D eigenvalue weighted by Crippen LogP contribution is -2.15. The molecular weight excluding hydrogens is 602 g/mol. The molecule has 0 aliphatic heterocycles. The number of nitrogens with zero attached hydrogens (tertiary/aromatic N) is 2. The van der Waals surface area contributed by atoms with Gasteiger partial charge in [-0.05, 0) is 65.7 Å². The van der Waals surface area contributed by atoms with E-state index in [9.17, 15) is 56.2 Å². The highest BCUT2D eigenvalue weighted by molar-refractivity contribution is 6.06. The zero-order chi connectivity index (χ0) is 32.4. The van der Waals surface area contributed by atoms with Gasteiger partial charge in [-0.15, -0.1) is 0 Å². The summed E-state index contributed by atoms with van der Waals surface area (Å²) in [6, 6.07) is 13.3. The van der Waals surface area contributed by atoms with Crippen LogP contribution >= 0.6 is 0 Å². The number of alkyl halides is 6. The number of nitro groups is 2. The van der Waals surface area contributed by atoms with Crippen molar-refractivity contribution in [1.82, 2.24) is 0 Å². The van der Waals surface area contributed by atoms with E-state index in [2.05, 4.69) is 10.6 Å². The van der Waals surface area contributed by atoms with Crippen LogP contribution in [0.5, 0.6) is 0 Å². The number of hydrogen-bond acceptors (Lipinski definition) is 6. The normalized spacial score (nSPS) is 11.5. The zero-order valence-corrected chi connectivity index (χ0v) is 21.7. The maximum atomic E-state index is 14.0. The van der Waals surface area contributed by atoms with Crippen LogP contribution in [0.2, 0.25) is 0 Å². The molecule has 4 aromatic rings. The van der Waals surface area contributed by atoms with Crippen molar-refractivity contribution in [3.05, 3.63) is 127 Å². The molecule has 0 heterocycles. The van der Waals surface area contributed by atoms with E-state index in [1.807, 2.05) is 0 Å². The molecule has 0 bridgehead atoms. The van der Waals surface area contributed by atoms with Crippen molar-refractivity contribution in [2.75, 3.05) is 10.6 Å². The lowest BCUT2D eigenvalue weighted by Gasteiger charge is -2.18. The van der Waals surface area contributed by atoms with Crippen LogP contribution in [0.4, 0.5) is 49.1 Å². The highest BCUT2D eigenvalue weighted by Gasteiger charge is 2.39. The molecule has 4 rings (SSSR count). The smallest absolute Gasteiger partial charge is 0.322 e. The molecule has 10 nitrogen and oxygen atoms in total. The van der Waals surface area contributed by atoms with E-state index in [4.69, 9.17) is 0 Å². The average Bonchev–Trinajstić information content (AvgIpc) is 2.96. The van der Waals surface area contributed by atoms with Crippen LogP contribution in [0, 0.1) is 20.2 Å². The number of non-ortho nitro benzene ring substituents is 2. The first-order chi connectivity index (χ1) is 20.5. The van der Waals surface area contributed by atoms with Crippen molar-refractivity contribution in [3.63, 3.8) is 0 Å². The van der Waals surface area contributed by atoms with Gasteiger partial charge < -0.3 is 10.6 Å². The highest BCUT2D eigenvalue weighted by atomic mass is 19.4. The van der Waals surface area contributed by atoms with E-state index >= 15 is 0 Å². The second-order valence-corrected chi connectivity index (χ2v) is 9.03. The fraction of sp³-hybridized carbons (Fsp3) is 0.0714. The van der Waals surface area contributed by atoms with Crippen LogP contribution in [-0.4, -0.2) is 21.7 Å². The van der Waals surface area contributed by atoms with E-state index in [0.717, 1.165) is 18.2 Å². The number of benzene rings is 4. The molecule has 4 aromatic carbocycles. The van der Waals surface area contributed by atoms with Crippen LogP contribution in [0.3, 0.4) is 0 Å². The minimum Gasteiger partial charge on any atom is -0.322 e. The summed E-state index contributed by atoms with van der Waals surface area (Å²) in [5, 5.41) is 26.4. The number of hydrogen-bond donors (Lipinski definition) is 2. The van der Waals surface area contributed by atoms with Crippen molar-refractivity contribution < 1.29 is 45.8 Å². The lowest BCUT2D eigenvalue weighted by atomic mass is 9.93. The van der Waals surface area contributed by atoms with Gasteiger partial charge in [-0.1, -0.05) is 6.07 Å². The van der Waals surface area contributed by atoms with Gasteiger partial charge in [0.25, 0.3) is 23.2 Å². The van der Waals surface area contributed by atoms with Gasteiger partial charge in [0.15, 0.2) is 0 Å². The monoisotopic (exact) mass is 618 g/mol. The first kappa shape index (κ1) is 31.1. The molecule has 0 saturated carbocycles. The summed E-state index contributed by atoms with van der Waals surface area (Å²) in [6.45, 7) is 0. The number of carbonyl (C=O) groups is 2. The van der Waals surface area contributed by atoms with Gasteiger partial charge >= 0.3 is 12.4 Å². The van der Waals surface area contributed by atoms with Gasteiger partial charge in [-0.25, -0.2) is 0 Å². The number of nitrogens with one attached hydrogen (secondary N) is 2. The predicted molar refractivity (Wildman–Crippen MR) is 144 cm³/mol. The van der Waals surface area contributed by atoms with E-state index in [1.54, 1.807) is 0 Å². The highest BCUT2D eigenvalue weighted by Crippen LogP contribution is 2.44. The lowest BCUT2D eigenvalue weighted by molar-refractivity contribution is -0.385. The third kappa shape index (κ3) is 6.97. The Kier molecular flexibility index (Phi) is 8.37. The summed E-state index contributed by atoms with van der Waals surface area (Å²) in [7, 11) is 0. The van der Waals surface area contributed by atoms with Crippen molar-refractivity contribution in [3.8, 4) is 11.1 Å². The third-order valence-corrected chi connectivity index (χ3v) is 6.14. The summed E-state index contributed by atoms with van der Waals surface area (Å²) < 4.78 is 82.9. The molecule has 16 heteroatoms. The Bertz CT molecular complexity index is 1770. The number of rotatable bonds is 7. The summed E-state index contributed by atoms with van der Waals surface area (Å²) in [6.07, 6.45) is -10.4. The van der Waals surface area contributed by atoms with Crippen LogP contribution in [0.1, 0.15) is 31.8 Å². The molecule has 0 fully saturated rings. The van der Waals surface area contributed by atoms with Gasteiger partial charge in [0.05, 0.1) is 21.0 Å². The molecule has 2 N–H and O–H groups in total. The van der Waals surface area contributed by atoms with Crippen LogP contribution < -0.4 is 10.6 Å². The minimum absolute atomic E-state index is 0.0503. The van der Waals surface area contributed by atoms with Gasteiger partial charge in [0.2, 0.25) is 0 Å². The molecule has 0 unspecified atom stereocenters. The molecule has 0 aliphatic carbocycles. The Labute approximate surface area is 242 Å². The Morgan fingerprint density at radius 3 is 1.41 bits per heavy atom. The van der Waals surface area contributed by atoms with Gasteiger partial charge in [-0.2, -0.15) is 26.3 Å². The molecule has 44 heavy (non-hydrogen) atoms. The van der Waals surface area contributed by atoms with Gasteiger partial charge in [0.1, 0.15) is 0 Å². The topological polar surface area (TPSA) is 144 Å². The fourth-order valence-electron chi connectivity index (χ4n) is 4.05. The Balaban J connectivity index is 1.56. The molecular formula is C28H16F6N4O6. The predicted octanol–water partition coefficient (Wildman–Crippen LogP) is 7.71. The maximum Gasteiger partial charge on any atom is 0.417 e. The zero-order valence-electron chi connectivity index (χ0n) is 21.7. The van der Waals surface area contributed by atoms with Gasteiger partial charge in [-0.3, -0.25) is 29.8 Å². The van der Waals surface area contributed by atoms with Crippen molar-refractivity contribution in [2.24, 2.45) is 0 Å². The average molecular weight is 618 g/mol. The Morgan fingerprint density at radius 2 is 0.932 bits per heavy atom. The molecule has 0 atom stereocenters. The molecule has 0 aromatic heterocycles. The van der Waals surface area contributed by atoms with Crippen LogP contribution in [-0.2, 0) is 12.4 Å². The number of halogens is 6. The minimum atomic E-state index is -5.22. The van der Waals surface area contributed by atoms with Crippen molar-refractivity contribution >= 4 is 34.6 Å². The SMILES string of the molecule is O=C(Nc1ccc(C(=O)Nc2ccc(-c3ccc([N+](=O)[O-])cc3C(F)(F)F)c(C(F)(F)F)c2)cc1)c1ccc([N+](=O)[O-])cc1. The van der Waals surface area contributed by atoms with E-state index in [-0.39, 0.29) is 28.6 Å².